The van der Waals surface area contributed by atoms with Crippen LogP contribution in [0, 0.1) is 23.0 Å². The van der Waals surface area contributed by atoms with Gasteiger partial charge in [-0.2, -0.15) is 5.26 Å². The summed E-state index contributed by atoms with van der Waals surface area (Å²) >= 11 is 0. The van der Waals surface area contributed by atoms with Crippen molar-refractivity contribution >= 4 is 0 Å². The highest BCUT2D eigenvalue weighted by Crippen LogP contribution is 2.44. The minimum absolute atomic E-state index is 0.317. The maximum Gasteiger partial charge on any atom is 0.129 e. The number of nitrogens with two attached hydrogens (primary N) is 1. The van der Waals surface area contributed by atoms with Crippen molar-refractivity contribution in [2.24, 2.45) is 5.73 Å². The van der Waals surface area contributed by atoms with Gasteiger partial charge in [-0.15, -0.1) is 0 Å². The molecule has 0 bridgehead atoms. The van der Waals surface area contributed by atoms with Gasteiger partial charge in [0.2, 0.25) is 0 Å². The molecule has 0 spiro atoms. The summed E-state index contributed by atoms with van der Waals surface area (Å²) < 4.78 is 26.1. The quantitative estimate of drug-likeness (QED) is 0.768. The molecule has 1 saturated carbocycles. The first-order chi connectivity index (χ1) is 7.07. The smallest absolute Gasteiger partial charge is 0.129 e. The zero-order valence-corrected chi connectivity index (χ0v) is 8.00. The van der Waals surface area contributed by atoms with E-state index in [1.54, 1.807) is 0 Å². The standard InChI is InChI=1S/C11H10F2N2/c12-7-1-2-8(10(13)5-7)9-3-4-11(9,15)6-14/h1-2,5,9H,3-4,15H2/t9-,11-/m1/s1. The predicted octanol–water partition coefficient (Wildman–Crippen LogP) is 2.06. The van der Waals surface area contributed by atoms with E-state index in [1.807, 2.05) is 6.07 Å². The number of rotatable bonds is 1. The van der Waals surface area contributed by atoms with E-state index >= 15 is 0 Å². The van der Waals surface area contributed by atoms with E-state index in [1.165, 1.54) is 12.1 Å². The van der Waals surface area contributed by atoms with Gasteiger partial charge >= 0.3 is 0 Å². The lowest BCUT2D eigenvalue weighted by molar-refractivity contribution is 0.259. The summed E-state index contributed by atoms with van der Waals surface area (Å²) in [6.07, 6.45) is 1.23. The van der Waals surface area contributed by atoms with Crippen molar-refractivity contribution in [1.29, 1.82) is 5.26 Å². The van der Waals surface area contributed by atoms with Crippen molar-refractivity contribution in [2.45, 2.75) is 24.3 Å². The van der Waals surface area contributed by atoms with Crippen LogP contribution in [0.15, 0.2) is 18.2 Å². The Labute approximate surface area is 86.3 Å². The normalized spacial score (nSPS) is 29.3. The summed E-state index contributed by atoms with van der Waals surface area (Å²) in [5.74, 6) is -1.55. The maximum absolute atomic E-state index is 13.4. The molecule has 1 aromatic carbocycles. The highest BCUT2D eigenvalue weighted by atomic mass is 19.1. The lowest BCUT2D eigenvalue weighted by atomic mass is 9.65. The Bertz CT molecular complexity index is 439. The molecule has 0 unspecified atom stereocenters. The minimum atomic E-state index is -0.987. The molecule has 78 valence electrons. The summed E-state index contributed by atoms with van der Waals surface area (Å²) in [6, 6.07) is 5.37. The van der Waals surface area contributed by atoms with E-state index in [4.69, 9.17) is 11.0 Å². The molecule has 0 aliphatic heterocycles. The van der Waals surface area contributed by atoms with Crippen molar-refractivity contribution in [3.8, 4) is 6.07 Å². The second-order valence-electron chi connectivity index (χ2n) is 3.91. The topological polar surface area (TPSA) is 49.8 Å². The van der Waals surface area contributed by atoms with Crippen LogP contribution in [0.25, 0.3) is 0 Å². The van der Waals surface area contributed by atoms with Crippen LogP contribution in [0.5, 0.6) is 0 Å². The Morgan fingerprint density at radius 1 is 1.47 bits per heavy atom. The predicted molar refractivity (Wildman–Crippen MR) is 50.9 cm³/mol. The van der Waals surface area contributed by atoms with Gasteiger partial charge in [0.15, 0.2) is 0 Å². The van der Waals surface area contributed by atoms with E-state index < -0.39 is 17.2 Å². The van der Waals surface area contributed by atoms with Gasteiger partial charge in [0.25, 0.3) is 0 Å². The van der Waals surface area contributed by atoms with Crippen LogP contribution in [0.2, 0.25) is 0 Å². The van der Waals surface area contributed by atoms with Crippen LogP contribution < -0.4 is 5.73 Å². The number of benzene rings is 1. The van der Waals surface area contributed by atoms with E-state index in [0.717, 1.165) is 6.07 Å². The summed E-state index contributed by atoms with van der Waals surface area (Å²) in [4.78, 5) is 0. The van der Waals surface area contributed by atoms with Crippen molar-refractivity contribution in [3.63, 3.8) is 0 Å². The van der Waals surface area contributed by atoms with Crippen molar-refractivity contribution in [1.82, 2.24) is 0 Å². The Balaban J connectivity index is 2.36. The average molecular weight is 208 g/mol. The third kappa shape index (κ3) is 1.49. The lowest BCUT2D eigenvalue weighted by Gasteiger charge is -2.41. The van der Waals surface area contributed by atoms with Crippen molar-refractivity contribution in [2.75, 3.05) is 0 Å². The fourth-order valence-corrected chi connectivity index (χ4v) is 1.95. The van der Waals surface area contributed by atoms with Gasteiger partial charge in [0.1, 0.15) is 17.2 Å². The first-order valence-electron chi connectivity index (χ1n) is 4.72. The molecule has 15 heavy (non-hydrogen) atoms. The SMILES string of the molecule is N#C[C@]1(N)CC[C@@H]1c1ccc(F)cc1F. The highest BCUT2D eigenvalue weighted by Gasteiger charge is 2.45. The third-order valence-corrected chi connectivity index (χ3v) is 3.01. The summed E-state index contributed by atoms with van der Waals surface area (Å²) in [5.41, 5.74) is 5.12. The number of hydrogen-bond acceptors (Lipinski definition) is 2. The molecular formula is C11H10F2N2. The monoisotopic (exact) mass is 208 g/mol. The number of nitriles is 1. The molecule has 0 radical (unpaired) electrons. The van der Waals surface area contributed by atoms with Crippen LogP contribution in [0.1, 0.15) is 24.3 Å². The molecule has 2 atom stereocenters. The fourth-order valence-electron chi connectivity index (χ4n) is 1.95. The Morgan fingerprint density at radius 2 is 2.20 bits per heavy atom. The van der Waals surface area contributed by atoms with Crippen molar-refractivity contribution < 1.29 is 8.78 Å². The zero-order valence-electron chi connectivity index (χ0n) is 8.00. The summed E-state index contributed by atoms with van der Waals surface area (Å²) in [7, 11) is 0. The van der Waals surface area contributed by atoms with Gasteiger partial charge in [0, 0.05) is 12.0 Å². The average Bonchev–Trinajstić information content (AvgIpc) is 2.19. The van der Waals surface area contributed by atoms with Crippen LogP contribution in [-0.4, -0.2) is 5.54 Å². The largest absolute Gasteiger partial charge is 0.313 e. The molecule has 2 N–H and O–H groups in total. The second kappa shape index (κ2) is 3.28. The van der Waals surface area contributed by atoms with Gasteiger partial charge in [-0.05, 0) is 24.5 Å². The van der Waals surface area contributed by atoms with Gasteiger partial charge in [0.05, 0.1) is 6.07 Å². The Kier molecular flexibility index (Phi) is 2.20. The number of nitrogens with zero attached hydrogens (tertiary/aromatic N) is 1. The summed E-state index contributed by atoms with van der Waals surface area (Å²) in [5, 5.41) is 8.85. The third-order valence-electron chi connectivity index (χ3n) is 3.01. The lowest BCUT2D eigenvalue weighted by Crippen LogP contribution is -2.52. The maximum atomic E-state index is 13.4. The molecular weight excluding hydrogens is 198 g/mol. The molecule has 1 aliphatic carbocycles. The van der Waals surface area contributed by atoms with Gasteiger partial charge in [-0.1, -0.05) is 6.07 Å². The van der Waals surface area contributed by atoms with Crippen LogP contribution in [0.3, 0.4) is 0 Å². The molecule has 1 aromatic rings. The highest BCUT2D eigenvalue weighted by molar-refractivity contribution is 5.34. The summed E-state index contributed by atoms with van der Waals surface area (Å²) in [6.45, 7) is 0. The molecule has 2 nitrogen and oxygen atoms in total. The van der Waals surface area contributed by atoms with Gasteiger partial charge < -0.3 is 5.73 Å². The molecule has 4 heteroatoms. The minimum Gasteiger partial charge on any atom is -0.313 e. The van der Waals surface area contributed by atoms with E-state index in [0.29, 0.717) is 18.4 Å². The molecule has 0 aromatic heterocycles. The van der Waals surface area contributed by atoms with E-state index in [9.17, 15) is 8.78 Å². The van der Waals surface area contributed by atoms with Crippen LogP contribution >= 0.6 is 0 Å². The van der Waals surface area contributed by atoms with Crippen LogP contribution in [-0.2, 0) is 0 Å². The van der Waals surface area contributed by atoms with Crippen molar-refractivity contribution in [3.05, 3.63) is 35.4 Å². The molecule has 0 heterocycles. The molecule has 1 aliphatic rings. The first-order valence-corrected chi connectivity index (χ1v) is 4.72. The molecule has 2 rings (SSSR count). The van der Waals surface area contributed by atoms with E-state index in [-0.39, 0.29) is 5.92 Å². The number of hydrogen-bond donors (Lipinski definition) is 1. The Morgan fingerprint density at radius 3 is 2.67 bits per heavy atom. The zero-order chi connectivity index (χ0) is 11.1. The fraction of sp³-hybridized carbons (Fsp3) is 0.364. The number of halogens is 2. The van der Waals surface area contributed by atoms with E-state index in [2.05, 4.69) is 0 Å². The first kappa shape index (κ1) is 10.1. The molecule has 1 fully saturated rings. The van der Waals surface area contributed by atoms with Crippen LogP contribution in [0.4, 0.5) is 8.78 Å². The second-order valence-corrected chi connectivity index (χ2v) is 3.91. The van der Waals surface area contributed by atoms with Gasteiger partial charge in [-0.3, -0.25) is 0 Å². The Hall–Kier alpha value is -1.47. The van der Waals surface area contributed by atoms with Gasteiger partial charge in [-0.25, -0.2) is 8.78 Å². The molecule has 0 amide bonds. The molecule has 0 saturated heterocycles.